The minimum Gasteiger partial charge on any atom is -0.334 e. The summed E-state index contributed by atoms with van der Waals surface area (Å²) in [4.78, 5) is 4.27. The van der Waals surface area contributed by atoms with Crippen LogP contribution in [-0.2, 0) is 6.54 Å². The molecule has 0 unspecified atom stereocenters. The molecule has 0 aliphatic heterocycles. The number of nitrogens with two attached hydrogens (primary N) is 1. The summed E-state index contributed by atoms with van der Waals surface area (Å²) in [5.41, 5.74) is 6.54. The Morgan fingerprint density at radius 1 is 1.43 bits per heavy atom. The molecule has 1 aliphatic carbocycles. The van der Waals surface area contributed by atoms with Crippen molar-refractivity contribution < 1.29 is 0 Å². The highest BCUT2D eigenvalue weighted by Crippen LogP contribution is 2.31. The molecule has 14 heavy (non-hydrogen) atoms. The second-order valence-corrected chi connectivity index (χ2v) is 4.43. The fourth-order valence-corrected chi connectivity index (χ4v) is 2.23. The molecule has 78 valence electrons. The third-order valence-electron chi connectivity index (χ3n) is 3.27. The van der Waals surface area contributed by atoms with Gasteiger partial charge in [-0.15, -0.1) is 0 Å². The number of nitrogens with zero attached hydrogens (tertiary/aromatic N) is 2. The summed E-state index contributed by atoms with van der Waals surface area (Å²) in [6, 6.07) is 0.666. The second kappa shape index (κ2) is 4.13. The van der Waals surface area contributed by atoms with Crippen LogP contribution >= 0.6 is 0 Å². The van der Waals surface area contributed by atoms with Gasteiger partial charge in [0.1, 0.15) is 0 Å². The highest BCUT2D eigenvalue weighted by Gasteiger charge is 2.19. The number of aromatic nitrogens is 2. The predicted molar refractivity (Wildman–Crippen MR) is 56.8 cm³/mol. The van der Waals surface area contributed by atoms with Crippen LogP contribution in [0.25, 0.3) is 0 Å². The summed E-state index contributed by atoms with van der Waals surface area (Å²) in [5.74, 6) is 0.906. The van der Waals surface area contributed by atoms with Crippen molar-refractivity contribution in [2.75, 3.05) is 0 Å². The molecule has 0 saturated heterocycles. The molecule has 1 saturated carbocycles. The Balaban J connectivity index is 2.01. The van der Waals surface area contributed by atoms with Crippen LogP contribution in [-0.4, -0.2) is 9.55 Å². The molecule has 0 atom stereocenters. The normalized spacial score (nSPS) is 27.9. The summed E-state index contributed by atoms with van der Waals surface area (Å²) >= 11 is 0. The van der Waals surface area contributed by atoms with Gasteiger partial charge in [0, 0.05) is 18.8 Å². The first-order chi connectivity index (χ1) is 6.79. The van der Waals surface area contributed by atoms with Gasteiger partial charge in [0.05, 0.1) is 12.0 Å². The first-order valence-electron chi connectivity index (χ1n) is 5.52. The van der Waals surface area contributed by atoms with E-state index in [0.717, 1.165) is 11.6 Å². The van der Waals surface area contributed by atoms with Gasteiger partial charge >= 0.3 is 0 Å². The smallest absolute Gasteiger partial charge is 0.0952 e. The first-order valence-corrected chi connectivity index (χ1v) is 5.52. The van der Waals surface area contributed by atoms with Gasteiger partial charge in [-0.25, -0.2) is 4.98 Å². The Morgan fingerprint density at radius 2 is 2.14 bits per heavy atom. The fourth-order valence-electron chi connectivity index (χ4n) is 2.23. The molecule has 2 rings (SSSR count). The van der Waals surface area contributed by atoms with Crippen LogP contribution in [0.4, 0.5) is 0 Å². The van der Waals surface area contributed by atoms with Gasteiger partial charge in [-0.3, -0.25) is 0 Å². The van der Waals surface area contributed by atoms with Crippen LogP contribution in [0, 0.1) is 5.92 Å². The van der Waals surface area contributed by atoms with Crippen molar-refractivity contribution in [1.29, 1.82) is 0 Å². The summed E-state index contributed by atoms with van der Waals surface area (Å²) in [5, 5.41) is 0. The maximum Gasteiger partial charge on any atom is 0.0952 e. The van der Waals surface area contributed by atoms with Gasteiger partial charge in [0.25, 0.3) is 0 Å². The van der Waals surface area contributed by atoms with Crippen molar-refractivity contribution in [3.05, 3.63) is 18.2 Å². The number of hydrogen-bond acceptors (Lipinski definition) is 2. The van der Waals surface area contributed by atoms with Crippen LogP contribution < -0.4 is 5.73 Å². The summed E-state index contributed by atoms with van der Waals surface area (Å²) in [6.07, 6.45) is 9.31. The molecule has 1 heterocycles. The average molecular weight is 193 g/mol. The lowest BCUT2D eigenvalue weighted by atomic mass is 9.87. The molecule has 2 N–H and O–H groups in total. The molecule has 3 nitrogen and oxygen atoms in total. The molecule has 0 bridgehead atoms. The van der Waals surface area contributed by atoms with Crippen LogP contribution in [0.3, 0.4) is 0 Å². The van der Waals surface area contributed by atoms with E-state index >= 15 is 0 Å². The molecule has 3 heteroatoms. The zero-order chi connectivity index (χ0) is 9.97. The monoisotopic (exact) mass is 193 g/mol. The van der Waals surface area contributed by atoms with Crippen molar-refractivity contribution >= 4 is 0 Å². The Bertz CT molecular complexity index is 284. The van der Waals surface area contributed by atoms with Gasteiger partial charge in [-0.1, -0.05) is 6.92 Å². The first kappa shape index (κ1) is 9.71. The lowest BCUT2D eigenvalue weighted by Gasteiger charge is -2.26. The van der Waals surface area contributed by atoms with Crippen molar-refractivity contribution in [3.63, 3.8) is 0 Å². The number of rotatable bonds is 2. The standard InChI is InChI=1S/C11H19N3/c1-9-2-4-11(5-3-9)14-7-10(6-12)13-8-14/h7-9,11H,2-6,12H2,1H3. The topological polar surface area (TPSA) is 43.8 Å². The zero-order valence-corrected chi connectivity index (χ0v) is 8.82. The van der Waals surface area contributed by atoms with Gasteiger partial charge < -0.3 is 10.3 Å². The fraction of sp³-hybridized carbons (Fsp3) is 0.727. The largest absolute Gasteiger partial charge is 0.334 e. The maximum absolute atomic E-state index is 5.54. The molecular formula is C11H19N3. The highest BCUT2D eigenvalue weighted by molar-refractivity contribution is 4.97. The average Bonchev–Trinajstić information content (AvgIpc) is 2.67. The van der Waals surface area contributed by atoms with E-state index in [1.54, 1.807) is 0 Å². The zero-order valence-electron chi connectivity index (χ0n) is 8.82. The van der Waals surface area contributed by atoms with Gasteiger partial charge in [0.15, 0.2) is 0 Å². The molecule has 1 aliphatic rings. The quantitative estimate of drug-likeness (QED) is 0.781. The molecular weight excluding hydrogens is 174 g/mol. The SMILES string of the molecule is CC1CCC(n2cnc(CN)c2)CC1. The Labute approximate surface area is 85.3 Å². The van der Waals surface area contributed by atoms with E-state index in [-0.39, 0.29) is 0 Å². The van der Waals surface area contributed by atoms with Crippen LogP contribution in [0.5, 0.6) is 0 Å². The lowest BCUT2D eigenvalue weighted by Crippen LogP contribution is -2.15. The van der Waals surface area contributed by atoms with Gasteiger partial charge in [-0.2, -0.15) is 0 Å². The molecule has 1 aromatic heterocycles. The van der Waals surface area contributed by atoms with Crippen molar-refractivity contribution in [2.45, 2.75) is 45.2 Å². The summed E-state index contributed by atoms with van der Waals surface area (Å²) in [7, 11) is 0. The number of imidazole rings is 1. The Hall–Kier alpha value is -0.830. The lowest BCUT2D eigenvalue weighted by molar-refractivity contribution is 0.289. The van der Waals surface area contributed by atoms with Crippen molar-refractivity contribution in [3.8, 4) is 0 Å². The maximum atomic E-state index is 5.54. The second-order valence-electron chi connectivity index (χ2n) is 4.43. The van der Waals surface area contributed by atoms with E-state index in [1.807, 2.05) is 6.33 Å². The number of hydrogen-bond donors (Lipinski definition) is 1. The minimum atomic E-state index is 0.552. The van der Waals surface area contributed by atoms with E-state index in [4.69, 9.17) is 5.73 Å². The third kappa shape index (κ3) is 1.98. The highest BCUT2D eigenvalue weighted by atomic mass is 15.1. The molecule has 0 spiro atoms. The van der Waals surface area contributed by atoms with Crippen LogP contribution in [0.1, 0.15) is 44.3 Å². The molecule has 0 aromatic carbocycles. The van der Waals surface area contributed by atoms with Gasteiger partial charge in [-0.05, 0) is 31.6 Å². The van der Waals surface area contributed by atoms with Crippen LogP contribution in [0.2, 0.25) is 0 Å². The predicted octanol–water partition coefficient (Wildman–Crippen LogP) is 2.09. The van der Waals surface area contributed by atoms with Crippen LogP contribution in [0.15, 0.2) is 12.5 Å². The Morgan fingerprint density at radius 3 is 2.71 bits per heavy atom. The van der Waals surface area contributed by atoms with E-state index in [1.165, 1.54) is 25.7 Å². The molecule has 0 amide bonds. The Kier molecular flexibility index (Phi) is 2.87. The summed E-state index contributed by atoms with van der Waals surface area (Å²) < 4.78 is 2.24. The molecule has 0 radical (unpaired) electrons. The van der Waals surface area contributed by atoms with E-state index in [9.17, 15) is 0 Å². The van der Waals surface area contributed by atoms with E-state index in [2.05, 4.69) is 22.7 Å². The van der Waals surface area contributed by atoms with Crippen molar-refractivity contribution in [1.82, 2.24) is 9.55 Å². The summed E-state index contributed by atoms with van der Waals surface area (Å²) in [6.45, 7) is 2.89. The van der Waals surface area contributed by atoms with E-state index in [0.29, 0.717) is 12.6 Å². The van der Waals surface area contributed by atoms with Crippen molar-refractivity contribution in [2.24, 2.45) is 11.7 Å². The third-order valence-corrected chi connectivity index (χ3v) is 3.27. The molecule has 1 aromatic rings. The van der Waals surface area contributed by atoms with Gasteiger partial charge in [0.2, 0.25) is 0 Å². The minimum absolute atomic E-state index is 0.552. The molecule has 1 fully saturated rings. The van der Waals surface area contributed by atoms with E-state index < -0.39 is 0 Å².